The fraction of sp³-hybridized carbons (Fsp3) is 0.136. The maximum Gasteiger partial charge on any atom is 0.417 e. The van der Waals surface area contributed by atoms with Gasteiger partial charge in [-0.15, -0.1) is 0 Å². The van der Waals surface area contributed by atoms with E-state index in [0.717, 1.165) is 12.1 Å². The number of anilines is 1. The summed E-state index contributed by atoms with van der Waals surface area (Å²) in [6.45, 7) is 0.0602. The molecule has 1 aliphatic rings. The van der Waals surface area contributed by atoms with Crippen LogP contribution in [0.15, 0.2) is 66.7 Å². The van der Waals surface area contributed by atoms with Crippen LogP contribution in [0.5, 0.6) is 0 Å². The first-order valence-electron chi connectivity index (χ1n) is 8.84. The van der Waals surface area contributed by atoms with E-state index in [1.165, 1.54) is 59.5 Å². The molecule has 0 saturated carbocycles. The zero-order valence-corrected chi connectivity index (χ0v) is 15.2. The summed E-state index contributed by atoms with van der Waals surface area (Å²) < 4.78 is 81.0. The minimum atomic E-state index is -4.65. The van der Waals surface area contributed by atoms with Crippen molar-refractivity contribution < 1.29 is 31.1 Å². The molecule has 0 N–H and O–H groups in total. The van der Waals surface area contributed by atoms with Crippen molar-refractivity contribution >= 4 is 11.6 Å². The van der Waals surface area contributed by atoms with Gasteiger partial charge in [0.15, 0.2) is 0 Å². The summed E-state index contributed by atoms with van der Waals surface area (Å²) in [6, 6.07) is 13.7. The predicted molar refractivity (Wildman–Crippen MR) is 99.7 cm³/mol. The molecule has 0 aliphatic carbocycles. The maximum absolute atomic E-state index is 13.5. The van der Waals surface area contributed by atoms with Gasteiger partial charge < -0.3 is 4.90 Å². The van der Waals surface area contributed by atoms with Gasteiger partial charge in [0.1, 0.15) is 6.54 Å². The summed E-state index contributed by atoms with van der Waals surface area (Å²) in [4.78, 5) is 12.9. The Labute approximate surface area is 167 Å². The Bertz CT molecular complexity index is 1060. The fourth-order valence-corrected chi connectivity index (χ4v) is 3.38. The molecular formula is C22H13F6NO. The van der Waals surface area contributed by atoms with E-state index in [0.29, 0.717) is 0 Å². The van der Waals surface area contributed by atoms with Crippen LogP contribution in [0.1, 0.15) is 11.1 Å². The third-order valence-corrected chi connectivity index (χ3v) is 4.81. The van der Waals surface area contributed by atoms with E-state index < -0.39 is 23.5 Å². The van der Waals surface area contributed by atoms with Crippen LogP contribution >= 0.6 is 0 Å². The number of amides is 1. The molecule has 8 heteroatoms. The molecule has 0 aromatic heterocycles. The average molecular weight is 421 g/mol. The van der Waals surface area contributed by atoms with Crippen LogP contribution in [0.4, 0.5) is 32.0 Å². The summed E-state index contributed by atoms with van der Waals surface area (Å²) in [5, 5.41) is 0. The van der Waals surface area contributed by atoms with Gasteiger partial charge in [-0.25, -0.2) is 0 Å². The molecule has 3 aromatic carbocycles. The monoisotopic (exact) mass is 421 g/mol. The molecule has 0 atom stereocenters. The topological polar surface area (TPSA) is 20.1 Å². The van der Waals surface area contributed by atoms with Crippen molar-refractivity contribution in [1.82, 2.24) is 0 Å². The van der Waals surface area contributed by atoms with Gasteiger partial charge in [0.25, 0.3) is 0 Å². The minimum absolute atomic E-state index is 0.0602. The van der Waals surface area contributed by atoms with Gasteiger partial charge in [0.2, 0.25) is 5.91 Å². The SMILES string of the molecule is O=C1CN1c1cc(-c2ccccc2C(F)(F)F)cc(-c2ccccc2C(F)(F)F)c1. The van der Waals surface area contributed by atoms with E-state index in [1.54, 1.807) is 0 Å². The highest BCUT2D eigenvalue weighted by Crippen LogP contribution is 2.43. The van der Waals surface area contributed by atoms with Crippen molar-refractivity contribution in [3.8, 4) is 22.3 Å². The molecule has 2 nitrogen and oxygen atoms in total. The molecule has 1 saturated heterocycles. The summed E-state index contributed by atoms with van der Waals surface area (Å²) >= 11 is 0. The van der Waals surface area contributed by atoms with Crippen LogP contribution in [0, 0.1) is 0 Å². The molecule has 1 aliphatic heterocycles. The Hall–Kier alpha value is -3.29. The first-order valence-corrected chi connectivity index (χ1v) is 8.84. The van der Waals surface area contributed by atoms with Crippen molar-refractivity contribution in [3.05, 3.63) is 77.9 Å². The number of carbonyl (C=O) groups excluding carboxylic acids is 1. The third-order valence-electron chi connectivity index (χ3n) is 4.81. The molecule has 1 amide bonds. The summed E-state index contributed by atoms with van der Waals surface area (Å²) in [5.41, 5.74) is -1.76. The molecule has 4 rings (SSSR count). The van der Waals surface area contributed by atoms with Gasteiger partial charge in [-0.3, -0.25) is 4.79 Å². The molecule has 0 spiro atoms. The van der Waals surface area contributed by atoms with E-state index in [4.69, 9.17) is 0 Å². The number of hydrogen-bond donors (Lipinski definition) is 0. The molecule has 0 unspecified atom stereocenters. The second-order valence-electron chi connectivity index (χ2n) is 6.84. The largest absolute Gasteiger partial charge is 0.417 e. The second-order valence-corrected chi connectivity index (χ2v) is 6.84. The van der Waals surface area contributed by atoms with Crippen molar-refractivity contribution in [2.45, 2.75) is 12.4 Å². The normalized spacial score (nSPS) is 14.2. The highest BCUT2D eigenvalue weighted by atomic mass is 19.4. The van der Waals surface area contributed by atoms with Crippen molar-refractivity contribution in [3.63, 3.8) is 0 Å². The van der Waals surface area contributed by atoms with Crippen LogP contribution in [0.25, 0.3) is 22.3 Å². The van der Waals surface area contributed by atoms with Crippen molar-refractivity contribution in [1.29, 1.82) is 0 Å². The van der Waals surface area contributed by atoms with Gasteiger partial charge >= 0.3 is 12.4 Å². The van der Waals surface area contributed by atoms with Crippen LogP contribution in [0.2, 0.25) is 0 Å². The zero-order valence-electron chi connectivity index (χ0n) is 15.2. The number of rotatable bonds is 3. The van der Waals surface area contributed by atoms with E-state index >= 15 is 0 Å². The average Bonchev–Trinajstić information content (AvgIpc) is 3.43. The number of benzene rings is 3. The minimum Gasteiger partial charge on any atom is -0.301 e. The smallest absolute Gasteiger partial charge is 0.301 e. The molecule has 1 fully saturated rings. The Morgan fingerprint density at radius 1 is 0.667 bits per heavy atom. The first kappa shape index (κ1) is 20.0. The zero-order chi connectivity index (χ0) is 21.7. The molecule has 30 heavy (non-hydrogen) atoms. The Morgan fingerprint density at radius 3 is 1.43 bits per heavy atom. The van der Waals surface area contributed by atoms with Crippen LogP contribution in [-0.4, -0.2) is 12.5 Å². The molecule has 0 bridgehead atoms. The first-order chi connectivity index (χ1) is 14.1. The molecule has 3 aromatic rings. The van der Waals surface area contributed by atoms with Gasteiger partial charge in [0.05, 0.1) is 11.1 Å². The standard InChI is InChI=1S/C22H13F6NO/c23-21(24,25)18-7-3-1-5-16(18)13-9-14(11-15(10-13)29-12-20(29)30)17-6-2-4-8-19(17)22(26,27)28/h1-11H,12H2. The van der Waals surface area contributed by atoms with E-state index in [1.807, 2.05) is 0 Å². The van der Waals surface area contributed by atoms with Gasteiger partial charge in [0, 0.05) is 5.69 Å². The molecule has 0 radical (unpaired) electrons. The quantitative estimate of drug-likeness (QED) is 0.354. The lowest BCUT2D eigenvalue weighted by molar-refractivity contribution is -0.137. The number of alkyl halides is 6. The summed E-state index contributed by atoms with van der Waals surface area (Å²) in [7, 11) is 0. The lowest BCUT2D eigenvalue weighted by Gasteiger charge is -2.17. The highest BCUT2D eigenvalue weighted by molar-refractivity contribution is 6.12. The van der Waals surface area contributed by atoms with Gasteiger partial charge in [-0.2, -0.15) is 26.3 Å². The van der Waals surface area contributed by atoms with E-state index in [2.05, 4.69) is 0 Å². The Morgan fingerprint density at radius 2 is 1.07 bits per heavy atom. The molecular weight excluding hydrogens is 408 g/mol. The fourth-order valence-electron chi connectivity index (χ4n) is 3.38. The van der Waals surface area contributed by atoms with Crippen molar-refractivity contribution in [2.75, 3.05) is 11.4 Å². The van der Waals surface area contributed by atoms with E-state index in [-0.39, 0.29) is 40.4 Å². The lowest BCUT2D eigenvalue weighted by atomic mass is 9.93. The molecule has 154 valence electrons. The van der Waals surface area contributed by atoms with Gasteiger partial charge in [-0.05, 0) is 52.6 Å². The van der Waals surface area contributed by atoms with E-state index in [9.17, 15) is 31.1 Å². The predicted octanol–water partition coefficient (Wildman–Crippen LogP) is 6.40. The maximum atomic E-state index is 13.5. The second kappa shape index (κ2) is 6.90. The Kier molecular flexibility index (Phi) is 4.60. The van der Waals surface area contributed by atoms with Crippen molar-refractivity contribution in [2.24, 2.45) is 0 Å². The van der Waals surface area contributed by atoms with Crippen LogP contribution in [0.3, 0.4) is 0 Å². The summed E-state index contributed by atoms with van der Waals surface area (Å²) in [5.74, 6) is -0.258. The highest BCUT2D eigenvalue weighted by Gasteiger charge is 2.36. The molecule has 1 heterocycles. The third kappa shape index (κ3) is 3.77. The number of hydrogen-bond acceptors (Lipinski definition) is 1. The number of halogens is 6. The number of nitrogens with zero attached hydrogens (tertiary/aromatic N) is 1. The van der Waals surface area contributed by atoms with Crippen LogP contribution in [-0.2, 0) is 17.1 Å². The number of carbonyl (C=O) groups is 1. The van der Waals surface area contributed by atoms with Gasteiger partial charge in [-0.1, -0.05) is 36.4 Å². The lowest BCUT2D eigenvalue weighted by Crippen LogP contribution is -2.08. The summed E-state index contributed by atoms with van der Waals surface area (Å²) in [6.07, 6.45) is -9.29. The van der Waals surface area contributed by atoms with Crippen LogP contribution < -0.4 is 4.90 Å². The Balaban J connectivity index is 1.96.